The molecule has 1 saturated heterocycles. The minimum atomic E-state index is -4.00. The smallest absolute Gasteiger partial charge is 0.319 e. The van der Waals surface area contributed by atoms with Gasteiger partial charge in [0.15, 0.2) is 5.78 Å². The zero-order chi connectivity index (χ0) is 31.5. The number of hydrogen-bond acceptors (Lipinski definition) is 5. The number of amides is 2. The Morgan fingerprint density at radius 3 is 2.34 bits per heavy atom. The largest absolute Gasteiger partial charge is 0.335 e. The predicted octanol–water partition coefficient (Wildman–Crippen LogP) is 6.60. The molecule has 0 bridgehead atoms. The van der Waals surface area contributed by atoms with Crippen LogP contribution < -0.4 is 10.6 Å². The third-order valence-corrected chi connectivity index (χ3v) is 9.19. The van der Waals surface area contributed by atoms with Crippen LogP contribution in [0.5, 0.6) is 0 Å². The van der Waals surface area contributed by atoms with E-state index in [0.717, 1.165) is 45.3 Å². The lowest BCUT2D eigenvalue weighted by Crippen LogP contribution is -2.49. The van der Waals surface area contributed by atoms with Crippen LogP contribution in [0.15, 0.2) is 83.8 Å². The van der Waals surface area contributed by atoms with E-state index < -0.39 is 10.1 Å². The van der Waals surface area contributed by atoms with Crippen LogP contribution in [0, 0.1) is 17.7 Å². The van der Waals surface area contributed by atoms with Gasteiger partial charge in [-0.25, -0.2) is 9.18 Å². The molecule has 44 heavy (non-hydrogen) atoms. The van der Waals surface area contributed by atoms with Crippen molar-refractivity contribution in [3.8, 4) is 0 Å². The first-order valence-corrected chi connectivity index (χ1v) is 16.7. The SMILES string of the molecule is CC(=O)c1cccc(NC(=O)N[C@@H]2CCCC[C@H]2CN2CCCC(Cc3ccc(F)cc3)C2)c1.O=S(=O)(O)c1ccccc1. The van der Waals surface area contributed by atoms with E-state index in [9.17, 15) is 22.4 Å². The molecular formula is C34H42FN3O5S. The van der Waals surface area contributed by atoms with Crippen molar-refractivity contribution in [3.05, 3.63) is 95.8 Å². The maximum Gasteiger partial charge on any atom is 0.319 e. The summed E-state index contributed by atoms with van der Waals surface area (Å²) >= 11 is 0. The van der Waals surface area contributed by atoms with Crippen molar-refractivity contribution in [2.45, 2.75) is 62.8 Å². The molecule has 3 aromatic carbocycles. The number of rotatable bonds is 8. The molecule has 2 amide bonds. The number of hydrogen-bond donors (Lipinski definition) is 3. The minimum Gasteiger partial charge on any atom is -0.335 e. The number of ketones is 1. The first-order valence-electron chi connectivity index (χ1n) is 15.2. The summed E-state index contributed by atoms with van der Waals surface area (Å²) in [6.07, 6.45) is 7.85. The Morgan fingerprint density at radius 2 is 1.66 bits per heavy atom. The molecule has 3 N–H and O–H groups in total. The summed E-state index contributed by atoms with van der Waals surface area (Å²) in [4.78, 5) is 26.8. The fourth-order valence-corrected chi connectivity index (χ4v) is 6.63. The summed E-state index contributed by atoms with van der Waals surface area (Å²) in [6, 6.07) is 21.3. The molecule has 10 heteroatoms. The number of benzene rings is 3. The van der Waals surface area contributed by atoms with Crippen LogP contribution in [-0.4, -0.2) is 55.4 Å². The summed E-state index contributed by atoms with van der Waals surface area (Å²) in [5.41, 5.74) is 2.43. The third-order valence-electron chi connectivity index (χ3n) is 8.33. The van der Waals surface area contributed by atoms with E-state index >= 15 is 0 Å². The molecule has 3 atom stereocenters. The Bertz CT molecular complexity index is 1480. The highest BCUT2D eigenvalue weighted by atomic mass is 32.2. The lowest BCUT2D eigenvalue weighted by atomic mass is 9.83. The van der Waals surface area contributed by atoms with Crippen LogP contribution in [0.1, 0.15) is 61.4 Å². The first kappa shape index (κ1) is 33.3. The predicted molar refractivity (Wildman–Crippen MR) is 170 cm³/mol. The molecule has 0 aromatic heterocycles. The molecule has 0 radical (unpaired) electrons. The van der Waals surface area contributed by atoms with Crippen molar-refractivity contribution in [3.63, 3.8) is 0 Å². The second kappa shape index (κ2) is 15.9. The number of piperidine rings is 1. The fourth-order valence-electron chi connectivity index (χ4n) is 6.13. The van der Waals surface area contributed by atoms with Crippen LogP contribution in [0.25, 0.3) is 0 Å². The molecule has 2 aliphatic rings. The zero-order valence-corrected chi connectivity index (χ0v) is 25.9. The van der Waals surface area contributed by atoms with Gasteiger partial charge in [-0.2, -0.15) is 8.42 Å². The molecule has 0 spiro atoms. The summed E-state index contributed by atoms with van der Waals surface area (Å²) < 4.78 is 42.5. The number of Topliss-reactive ketones (excluding diaryl/α,β-unsaturated/α-hetero) is 1. The van der Waals surface area contributed by atoms with Crippen molar-refractivity contribution >= 4 is 27.6 Å². The van der Waals surface area contributed by atoms with Gasteiger partial charge in [0.1, 0.15) is 5.82 Å². The maximum absolute atomic E-state index is 13.2. The van der Waals surface area contributed by atoms with Gasteiger partial charge in [0.2, 0.25) is 0 Å². The van der Waals surface area contributed by atoms with Crippen molar-refractivity contribution in [2.75, 3.05) is 25.0 Å². The molecule has 1 unspecified atom stereocenters. The van der Waals surface area contributed by atoms with Crippen molar-refractivity contribution in [2.24, 2.45) is 11.8 Å². The van der Waals surface area contributed by atoms with E-state index in [4.69, 9.17) is 4.55 Å². The molecule has 3 aromatic rings. The van der Waals surface area contributed by atoms with E-state index in [1.807, 2.05) is 12.1 Å². The summed E-state index contributed by atoms with van der Waals surface area (Å²) in [5, 5.41) is 6.12. The quantitative estimate of drug-likeness (QED) is 0.193. The van der Waals surface area contributed by atoms with E-state index in [0.29, 0.717) is 23.1 Å². The van der Waals surface area contributed by atoms with Crippen molar-refractivity contribution in [1.29, 1.82) is 0 Å². The van der Waals surface area contributed by atoms with Crippen molar-refractivity contribution < 1.29 is 27.0 Å². The monoisotopic (exact) mass is 623 g/mol. The van der Waals surface area contributed by atoms with Gasteiger partial charge in [-0.3, -0.25) is 9.35 Å². The second-order valence-electron chi connectivity index (χ2n) is 11.8. The third kappa shape index (κ3) is 10.5. The van der Waals surface area contributed by atoms with Gasteiger partial charge < -0.3 is 15.5 Å². The Hall–Kier alpha value is -3.60. The molecule has 236 valence electrons. The first-order chi connectivity index (χ1) is 21.1. The minimum absolute atomic E-state index is 0.0179. The highest BCUT2D eigenvalue weighted by Gasteiger charge is 2.30. The fraction of sp³-hybridized carbons (Fsp3) is 0.412. The lowest BCUT2D eigenvalue weighted by molar-refractivity contribution is 0.101. The number of carbonyl (C=O) groups excluding carboxylic acids is 2. The van der Waals surface area contributed by atoms with Crippen LogP contribution in [0.4, 0.5) is 14.9 Å². The number of urea groups is 1. The summed E-state index contributed by atoms with van der Waals surface area (Å²) in [7, 11) is -4.00. The number of anilines is 1. The average molecular weight is 624 g/mol. The van der Waals surface area contributed by atoms with Crippen LogP contribution in [0.3, 0.4) is 0 Å². The van der Waals surface area contributed by atoms with Gasteiger partial charge in [-0.15, -0.1) is 0 Å². The van der Waals surface area contributed by atoms with E-state index in [-0.39, 0.29) is 28.6 Å². The molecule has 1 heterocycles. The second-order valence-corrected chi connectivity index (χ2v) is 13.2. The van der Waals surface area contributed by atoms with Gasteiger partial charge in [0.25, 0.3) is 10.1 Å². The van der Waals surface area contributed by atoms with Gasteiger partial charge in [0.05, 0.1) is 4.90 Å². The topological polar surface area (TPSA) is 116 Å². The van der Waals surface area contributed by atoms with Gasteiger partial charge >= 0.3 is 6.03 Å². The summed E-state index contributed by atoms with van der Waals surface area (Å²) in [6.45, 7) is 4.69. The normalized spacial score (nSPS) is 20.6. The maximum atomic E-state index is 13.2. The summed E-state index contributed by atoms with van der Waals surface area (Å²) in [5.74, 6) is 0.829. The molecule has 1 aliphatic carbocycles. The van der Waals surface area contributed by atoms with Crippen LogP contribution >= 0.6 is 0 Å². The van der Waals surface area contributed by atoms with Gasteiger partial charge in [0, 0.05) is 30.4 Å². The molecule has 2 fully saturated rings. The standard InChI is InChI=1S/C28H36FN3O2.C6H6O3S/c1-20(33)23-8-4-9-26(17-23)30-28(34)31-27-10-3-2-7-24(27)19-32-15-5-6-22(18-32)16-21-11-13-25(29)14-12-21;7-10(8,9)6-4-2-1-3-5-6/h4,8-9,11-14,17,22,24,27H,2-3,5-7,10,15-16,18-19H2,1H3,(H2,30,31,34);1-5H,(H,7,8,9)/t22?,24-,27+;/m0./s1. The van der Waals surface area contributed by atoms with Crippen LogP contribution in [-0.2, 0) is 16.5 Å². The Morgan fingerprint density at radius 1 is 0.932 bits per heavy atom. The van der Waals surface area contributed by atoms with Crippen LogP contribution in [0.2, 0.25) is 0 Å². The lowest BCUT2D eigenvalue weighted by Gasteiger charge is -2.39. The number of likely N-dealkylation sites (tertiary alicyclic amines) is 1. The number of nitrogens with zero attached hydrogens (tertiary/aromatic N) is 1. The molecule has 1 saturated carbocycles. The van der Waals surface area contributed by atoms with E-state index in [1.54, 1.807) is 54.6 Å². The zero-order valence-electron chi connectivity index (χ0n) is 25.1. The van der Waals surface area contributed by atoms with E-state index in [1.165, 1.54) is 43.9 Å². The molecule has 5 rings (SSSR count). The Labute approximate surface area is 259 Å². The Kier molecular flexibility index (Phi) is 12.1. The number of halogens is 1. The number of carbonyl (C=O) groups is 2. The van der Waals surface area contributed by atoms with Gasteiger partial charge in [-0.1, -0.05) is 55.3 Å². The molecule has 1 aliphatic heterocycles. The highest BCUT2D eigenvalue weighted by molar-refractivity contribution is 7.85. The van der Waals surface area contributed by atoms with Gasteiger partial charge in [-0.05, 0) is 99.4 Å². The molecule has 8 nitrogen and oxygen atoms in total. The van der Waals surface area contributed by atoms with E-state index in [2.05, 4.69) is 15.5 Å². The number of nitrogens with one attached hydrogen (secondary N) is 2. The molecular weight excluding hydrogens is 581 g/mol. The van der Waals surface area contributed by atoms with Crippen molar-refractivity contribution in [1.82, 2.24) is 10.2 Å². The highest BCUT2D eigenvalue weighted by Crippen LogP contribution is 2.28. The Balaban J connectivity index is 0.000000375. The average Bonchev–Trinajstić information content (AvgIpc) is 3.00.